The summed E-state index contributed by atoms with van der Waals surface area (Å²) < 4.78 is 24.4. The summed E-state index contributed by atoms with van der Waals surface area (Å²) in [6, 6.07) is 12.2. The molecule has 24 heavy (non-hydrogen) atoms. The molecule has 0 aliphatic rings. The molecule has 0 aliphatic carbocycles. The number of rotatable bonds is 6. The summed E-state index contributed by atoms with van der Waals surface area (Å²) in [6.45, 7) is 0. The van der Waals surface area contributed by atoms with Crippen LogP contribution in [0.25, 0.3) is 0 Å². The van der Waals surface area contributed by atoms with Gasteiger partial charge in [0.25, 0.3) is 5.22 Å². The molecule has 3 aromatic rings. The minimum atomic E-state index is -0.340. The molecule has 0 amide bonds. The highest BCUT2D eigenvalue weighted by Gasteiger charge is 2.12. The van der Waals surface area contributed by atoms with Gasteiger partial charge in [-0.3, -0.25) is 0 Å². The number of nitrogens with zero attached hydrogens (tertiary/aromatic N) is 2. The second kappa shape index (κ2) is 7.68. The Balaban J connectivity index is 1.63. The van der Waals surface area contributed by atoms with Crippen molar-refractivity contribution in [3.05, 3.63) is 70.3 Å². The summed E-state index contributed by atoms with van der Waals surface area (Å²) in [5.41, 5.74) is 1.47. The van der Waals surface area contributed by atoms with E-state index < -0.39 is 0 Å². The first-order chi connectivity index (χ1) is 11.7. The number of methoxy groups -OCH3 is 1. The van der Waals surface area contributed by atoms with Gasteiger partial charge in [0.15, 0.2) is 0 Å². The summed E-state index contributed by atoms with van der Waals surface area (Å²) in [5, 5.41) is 8.77. The van der Waals surface area contributed by atoms with E-state index in [0.29, 0.717) is 33.9 Å². The number of thioether (sulfide) groups is 1. The lowest BCUT2D eigenvalue weighted by Gasteiger charge is -2.03. The minimum Gasteiger partial charge on any atom is -0.497 e. The van der Waals surface area contributed by atoms with E-state index >= 15 is 0 Å². The number of hydrogen-bond acceptors (Lipinski definition) is 5. The molecule has 0 atom stereocenters. The fraction of sp³-hybridized carbons (Fsp3) is 0.176. The number of halogens is 2. The van der Waals surface area contributed by atoms with Gasteiger partial charge in [-0.05, 0) is 29.8 Å². The summed E-state index contributed by atoms with van der Waals surface area (Å²) in [7, 11) is 1.62. The highest BCUT2D eigenvalue weighted by molar-refractivity contribution is 7.98. The Kier molecular flexibility index (Phi) is 5.37. The van der Waals surface area contributed by atoms with Crippen LogP contribution in [-0.2, 0) is 12.2 Å². The van der Waals surface area contributed by atoms with Gasteiger partial charge < -0.3 is 9.15 Å². The molecule has 0 spiro atoms. The van der Waals surface area contributed by atoms with Crippen molar-refractivity contribution in [3.8, 4) is 5.75 Å². The molecule has 1 heterocycles. The van der Waals surface area contributed by atoms with Gasteiger partial charge >= 0.3 is 0 Å². The summed E-state index contributed by atoms with van der Waals surface area (Å²) in [4.78, 5) is 0. The second-order valence-corrected chi connectivity index (χ2v) is 6.31. The lowest BCUT2D eigenvalue weighted by atomic mass is 10.1. The van der Waals surface area contributed by atoms with Gasteiger partial charge in [0, 0.05) is 16.3 Å². The maximum Gasteiger partial charge on any atom is 0.276 e. The van der Waals surface area contributed by atoms with E-state index in [-0.39, 0.29) is 5.82 Å². The van der Waals surface area contributed by atoms with Crippen LogP contribution in [0.1, 0.15) is 17.0 Å². The number of ether oxygens (including phenoxy) is 1. The standard InChI is InChI=1S/C17H14ClFN2O2S/c1-22-12-7-5-11(6-8-12)9-16-20-21-17(23-16)24-10-13-14(18)3-2-4-15(13)19/h2-8H,9-10H2,1H3. The zero-order valence-electron chi connectivity index (χ0n) is 12.8. The van der Waals surface area contributed by atoms with E-state index in [4.69, 9.17) is 20.8 Å². The molecular weight excluding hydrogens is 351 g/mol. The van der Waals surface area contributed by atoms with Gasteiger partial charge in [-0.1, -0.05) is 41.6 Å². The van der Waals surface area contributed by atoms with Crippen LogP contribution in [0.5, 0.6) is 5.75 Å². The number of hydrogen-bond donors (Lipinski definition) is 0. The van der Waals surface area contributed by atoms with Gasteiger partial charge in [-0.2, -0.15) is 0 Å². The molecule has 0 N–H and O–H groups in total. The molecule has 4 nitrogen and oxygen atoms in total. The molecule has 0 bridgehead atoms. The fourth-order valence-electron chi connectivity index (χ4n) is 2.09. The van der Waals surface area contributed by atoms with Crippen LogP contribution < -0.4 is 4.74 Å². The van der Waals surface area contributed by atoms with Crippen molar-refractivity contribution in [3.63, 3.8) is 0 Å². The monoisotopic (exact) mass is 364 g/mol. The number of benzene rings is 2. The molecule has 0 unspecified atom stereocenters. The largest absolute Gasteiger partial charge is 0.497 e. The lowest BCUT2D eigenvalue weighted by molar-refractivity contribution is 0.413. The van der Waals surface area contributed by atoms with E-state index in [9.17, 15) is 4.39 Å². The van der Waals surface area contributed by atoms with Crippen LogP contribution in [0.15, 0.2) is 52.1 Å². The summed E-state index contributed by atoms with van der Waals surface area (Å²) in [6.07, 6.45) is 0.526. The molecule has 0 saturated carbocycles. The molecule has 0 aliphatic heterocycles. The van der Waals surface area contributed by atoms with Crippen molar-refractivity contribution in [1.29, 1.82) is 0 Å². The molecule has 0 radical (unpaired) electrons. The van der Waals surface area contributed by atoms with Crippen LogP contribution in [0, 0.1) is 5.82 Å². The molecule has 0 fully saturated rings. The van der Waals surface area contributed by atoms with E-state index in [1.807, 2.05) is 24.3 Å². The first-order valence-corrected chi connectivity index (χ1v) is 8.53. The lowest BCUT2D eigenvalue weighted by Crippen LogP contribution is -1.89. The predicted molar refractivity (Wildman–Crippen MR) is 91.1 cm³/mol. The average molecular weight is 365 g/mol. The van der Waals surface area contributed by atoms with Crippen molar-refractivity contribution in [1.82, 2.24) is 10.2 Å². The van der Waals surface area contributed by atoms with Crippen LogP contribution in [0.2, 0.25) is 5.02 Å². The predicted octanol–water partition coefficient (Wildman–Crippen LogP) is 4.75. The third kappa shape index (κ3) is 4.07. The van der Waals surface area contributed by atoms with Crippen LogP contribution >= 0.6 is 23.4 Å². The highest BCUT2D eigenvalue weighted by atomic mass is 35.5. The third-order valence-corrected chi connectivity index (χ3v) is 4.56. The number of aromatic nitrogens is 2. The zero-order chi connectivity index (χ0) is 16.9. The quantitative estimate of drug-likeness (QED) is 0.590. The third-order valence-electron chi connectivity index (χ3n) is 3.36. The molecule has 2 aromatic carbocycles. The van der Waals surface area contributed by atoms with Gasteiger partial charge in [0.05, 0.1) is 13.5 Å². The first kappa shape index (κ1) is 16.8. The average Bonchev–Trinajstić information content (AvgIpc) is 3.02. The van der Waals surface area contributed by atoms with E-state index in [2.05, 4.69) is 10.2 Å². The van der Waals surface area contributed by atoms with Gasteiger partial charge in [-0.15, -0.1) is 10.2 Å². The Morgan fingerprint density at radius 3 is 2.67 bits per heavy atom. The maximum atomic E-state index is 13.7. The Morgan fingerprint density at radius 1 is 1.17 bits per heavy atom. The fourth-order valence-corrected chi connectivity index (χ4v) is 3.21. The Labute approximate surface area is 148 Å². The summed E-state index contributed by atoms with van der Waals surface area (Å²) in [5.74, 6) is 1.29. The molecule has 124 valence electrons. The normalized spacial score (nSPS) is 10.8. The van der Waals surface area contributed by atoms with Crippen molar-refractivity contribution < 1.29 is 13.5 Å². The van der Waals surface area contributed by atoms with Crippen LogP contribution in [-0.4, -0.2) is 17.3 Å². The highest BCUT2D eigenvalue weighted by Crippen LogP contribution is 2.28. The van der Waals surface area contributed by atoms with E-state index in [1.165, 1.54) is 17.8 Å². The second-order valence-electron chi connectivity index (χ2n) is 4.98. The SMILES string of the molecule is COc1ccc(Cc2nnc(SCc3c(F)cccc3Cl)o2)cc1. The summed E-state index contributed by atoms with van der Waals surface area (Å²) >= 11 is 7.26. The van der Waals surface area contributed by atoms with Crippen molar-refractivity contribution in [2.24, 2.45) is 0 Å². The molecule has 7 heteroatoms. The van der Waals surface area contributed by atoms with E-state index in [1.54, 1.807) is 19.2 Å². The van der Waals surface area contributed by atoms with Gasteiger partial charge in [0.1, 0.15) is 11.6 Å². The van der Waals surface area contributed by atoms with Crippen molar-refractivity contribution >= 4 is 23.4 Å². The van der Waals surface area contributed by atoms with Gasteiger partial charge in [0.2, 0.25) is 5.89 Å². The zero-order valence-corrected chi connectivity index (χ0v) is 14.4. The smallest absolute Gasteiger partial charge is 0.276 e. The Bertz CT molecular complexity index is 803. The topological polar surface area (TPSA) is 48.2 Å². The van der Waals surface area contributed by atoms with Crippen LogP contribution in [0.4, 0.5) is 4.39 Å². The molecule has 1 aromatic heterocycles. The Hall–Kier alpha value is -2.05. The van der Waals surface area contributed by atoms with Crippen molar-refractivity contribution in [2.45, 2.75) is 17.4 Å². The maximum absolute atomic E-state index is 13.7. The van der Waals surface area contributed by atoms with Gasteiger partial charge in [-0.25, -0.2) is 4.39 Å². The minimum absolute atomic E-state index is 0.329. The van der Waals surface area contributed by atoms with Crippen LogP contribution in [0.3, 0.4) is 0 Å². The first-order valence-electron chi connectivity index (χ1n) is 7.16. The molecule has 0 saturated heterocycles. The Morgan fingerprint density at radius 2 is 1.96 bits per heavy atom. The molecule has 3 rings (SSSR count). The van der Waals surface area contributed by atoms with Crippen molar-refractivity contribution in [2.75, 3.05) is 7.11 Å². The molecular formula is C17H14ClFN2O2S. The van der Waals surface area contributed by atoms with E-state index in [0.717, 1.165) is 11.3 Å².